The summed E-state index contributed by atoms with van der Waals surface area (Å²) in [5.74, 6) is -0.573. The number of urea groups is 1. The third kappa shape index (κ3) is 9.62. The summed E-state index contributed by atoms with van der Waals surface area (Å²) in [6, 6.07) is 20.5. The molecule has 314 valence electrons. The minimum atomic E-state index is -0.524. The lowest BCUT2D eigenvalue weighted by Gasteiger charge is -2.20. The summed E-state index contributed by atoms with van der Waals surface area (Å²) in [4.78, 5) is 70.3. The van der Waals surface area contributed by atoms with Crippen LogP contribution >= 0.6 is 0 Å². The number of aromatic nitrogens is 1. The van der Waals surface area contributed by atoms with E-state index in [1.54, 1.807) is 62.5 Å². The predicted octanol–water partition coefficient (Wildman–Crippen LogP) is 6.87. The molecule has 7 rings (SSSR count). The van der Waals surface area contributed by atoms with Gasteiger partial charge in [-0.1, -0.05) is 74.5 Å². The van der Waals surface area contributed by atoms with Gasteiger partial charge < -0.3 is 31.3 Å². The molecular formula is C46H54N8O6. The number of rotatable bonds is 12. The number of likely N-dealkylation sites (N-methyl/N-ethyl adjacent to an activating group) is 1. The van der Waals surface area contributed by atoms with Crippen LogP contribution in [0, 0.1) is 0 Å². The Balaban J connectivity index is 0.000000219. The molecule has 4 amide bonds. The van der Waals surface area contributed by atoms with Crippen LogP contribution in [0.1, 0.15) is 67.9 Å². The Labute approximate surface area is 350 Å². The van der Waals surface area contributed by atoms with Crippen LogP contribution in [0.3, 0.4) is 0 Å². The highest BCUT2D eigenvalue weighted by Crippen LogP contribution is 2.38. The number of unbranched alkanes of at least 4 members (excludes halogenated alkanes) is 1. The van der Waals surface area contributed by atoms with Crippen molar-refractivity contribution in [2.24, 2.45) is 4.99 Å². The number of ketones is 2. The van der Waals surface area contributed by atoms with Gasteiger partial charge >= 0.3 is 12.1 Å². The van der Waals surface area contributed by atoms with Gasteiger partial charge in [0.25, 0.3) is 0 Å². The molecule has 0 saturated carbocycles. The zero-order valence-electron chi connectivity index (χ0n) is 35.1. The number of Topliss-reactive ketones (excluding diaryl/α,β-unsaturated/α-hetero) is 2. The topological polar surface area (TPSA) is 177 Å². The first kappa shape index (κ1) is 44.5. The first-order valence-corrected chi connectivity index (χ1v) is 20.2. The summed E-state index contributed by atoms with van der Waals surface area (Å²) in [6.07, 6.45) is 7.76. The molecule has 2 aliphatic heterocycles. The van der Waals surface area contributed by atoms with Gasteiger partial charge in [-0.05, 0) is 90.1 Å². The molecule has 3 aromatic carbocycles. The standard InChI is InChI=1S/C23H26N4O3.C21H22N4O3.C2H6/c1-26(2)14-8-7-13-24-23(30)27-18-12-6-4-10-16(18)19(22(27)29)20-21(28)15-9-3-5-11-17(15)25-20;1-14(19-20(27)16-8-3-5-9-17(16)24-19)15-7-4-6-10-18(15)25(13-26)21(28)23-12-11-22-2;1-2/h4,6,9-12,29H,3,5,7-8,13-14H2,1-2H3,(H,24,30);3-10,13,22,24H,11-12H2,1-2H3,(H,23,28);1-2H3/b;19-14+;. The van der Waals surface area contributed by atoms with Crippen molar-refractivity contribution < 1.29 is 29.1 Å². The van der Waals surface area contributed by atoms with Gasteiger partial charge in [0.1, 0.15) is 5.71 Å². The molecule has 0 saturated heterocycles. The highest BCUT2D eigenvalue weighted by atomic mass is 16.3. The number of imide groups is 1. The number of carbonyl (C=O) groups excluding carboxylic acids is 5. The van der Waals surface area contributed by atoms with Crippen LogP contribution in [0.2, 0.25) is 0 Å². The quantitative estimate of drug-likeness (QED) is 0.0581. The summed E-state index contributed by atoms with van der Waals surface area (Å²) in [7, 11) is 5.80. The number of anilines is 2. The number of benzene rings is 3. The fraction of sp³-hybridized carbons (Fsp3) is 0.304. The molecule has 1 aromatic heterocycles. The molecule has 0 atom stereocenters. The van der Waals surface area contributed by atoms with Crippen LogP contribution in [0.15, 0.2) is 107 Å². The third-order valence-electron chi connectivity index (χ3n) is 10.00. The number of nitrogens with one attached hydrogen (secondary N) is 4. The van der Waals surface area contributed by atoms with E-state index < -0.39 is 12.1 Å². The summed E-state index contributed by atoms with van der Waals surface area (Å²) in [5.41, 5.74) is 5.78. The lowest BCUT2D eigenvalue weighted by molar-refractivity contribution is -0.109. The van der Waals surface area contributed by atoms with Gasteiger partial charge in [-0.2, -0.15) is 0 Å². The molecule has 5 N–H and O–H groups in total. The smallest absolute Gasteiger partial charge is 0.328 e. The Morgan fingerprint density at radius 1 is 0.883 bits per heavy atom. The largest absolute Gasteiger partial charge is 0.494 e. The second kappa shape index (κ2) is 20.9. The van der Waals surface area contributed by atoms with Crippen LogP contribution in [0.25, 0.3) is 16.5 Å². The van der Waals surface area contributed by atoms with E-state index in [-0.39, 0.29) is 23.2 Å². The number of hydrogen-bond donors (Lipinski definition) is 5. The highest BCUT2D eigenvalue weighted by molar-refractivity contribution is 6.56. The Bertz CT molecular complexity index is 2390. The van der Waals surface area contributed by atoms with E-state index >= 15 is 0 Å². The summed E-state index contributed by atoms with van der Waals surface area (Å²) in [6.45, 7) is 8.23. The molecule has 3 heterocycles. The van der Waals surface area contributed by atoms with Crippen molar-refractivity contribution in [3.05, 3.63) is 119 Å². The van der Waals surface area contributed by atoms with Gasteiger partial charge in [0.15, 0.2) is 0 Å². The lowest BCUT2D eigenvalue weighted by atomic mass is 9.98. The molecule has 0 spiro atoms. The Kier molecular flexibility index (Phi) is 15.5. The second-order valence-corrected chi connectivity index (χ2v) is 14.2. The molecular weight excluding hydrogens is 761 g/mol. The molecule has 4 aromatic rings. The van der Waals surface area contributed by atoms with Crippen LogP contribution < -0.4 is 26.2 Å². The molecule has 60 heavy (non-hydrogen) atoms. The predicted molar refractivity (Wildman–Crippen MR) is 238 cm³/mol. The van der Waals surface area contributed by atoms with Crippen molar-refractivity contribution in [1.29, 1.82) is 0 Å². The third-order valence-corrected chi connectivity index (χ3v) is 10.00. The number of nitrogens with zero attached hydrogens (tertiary/aromatic N) is 4. The maximum Gasteiger partial charge on any atom is 0.328 e. The number of allylic oxidation sites excluding steroid dienone is 5. The zero-order chi connectivity index (χ0) is 43.3. The molecule has 0 unspecified atom stereocenters. The van der Waals surface area contributed by atoms with E-state index in [1.165, 1.54) is 4.57 Å². The van der Waals surface area contributed by atoms with E-state index in [9.17, 15) is 29.1 Å². The first-order chi connectivity index (χ1) is 29.1. The van der Waals surface area contributed by atoms with Crippen molar-refractivity contribution in [1.82, 2.24) is 25.4 Å². The molecule has 3 aliphatic rings. The van der Waals surface area contributed by atoms with Crippen LogP contribution in [-0.4, -0.2) is 97.6 Å². The van der Waals surface area contributed by atoms with E-state index in [0.29, 0.717) is 81.9 Å². The SMILES string of the molecule is CC.CN(C)CCCCNC(=O)n1c(O)c(C2=NC3=CCCC=C3C2=O)c2ccccc21.CNCCNC(=O)N(C=O)c1ccccc1/C(C)=C1/Nc2ccccc2C1=O. The lowest BCUT2D eigenvalue weighted by Crippen LogP contribution is -2.42. The monoisotopic (exact) mass is 814 g/mol. The Morgan fingerprint density at radius 3 is 2.30 bits per heavy atom. The fourth-order valence-corrected chi connectivity index (χ4v) is 7.05. The van der Waals surface area contributed by atoms with Crippen molar-refractivity contribution in [2.75, 3.05) is 57.5 Å². The normalized spacial score (nSPS) is 14.6. The van der Waals surface area contributed by atoms with Gasteiger partial charge in [0.2, 0.25) is 23.9 Å². The highest BCUT2D eigenvalue weighted by Gasteiger charge is 2.35. The second-order valence-electron chi connectivity index (χ2n) is 14.2. The average Bonchev–Trinajstić information content (AvgIpc) is 3.88. The number of aliphatic imine (C=N–C) groups is 1. The van der Waals surface area contributed by atoms with E-state index in [1.807, 2.05) is 64.4 Å². The number of hydrogen-bond acceptors (Lipinski definition) is 10. The van der Waals surface area contributed by atoms with E-state index in [2.05, 4.69) is 31.2 Å². The van der Waals surface area contributed by atoms with Crippen LogP contribution in [0.5, 0.6) is 5.88 Å². The molecule has 0 fully saturated rings. The summed E-state index contributed by atoms with van der Waals surface area (Å²) in [5, 5.41) is 23.3. The van der Waals surface area contributed by atoms with Gasteiger partial charge in [-0.3, -0.25) is 14.4 Å². The van der Waals surface area contributed by atoms with Gasteiger partial charge in [0, 0.05) is 47.4 Å². The number of amides is 4. The van der Waals surface area contributed by atoms with Gasteiger partial charge in [-0.25, -0.2) is 24.0 Å². The summed E-state index contributed by atoms with van der Waals surface area (Å²) < 4.78 is 1.23. The minimum Gasteiger partial charge on any atom is -0.494 e. The maximum atomic E-state index is 12.9. The van der Waals surface area contributed by atoms with Gasteiger partial charge in [-0.15, -0.1) is 0 Å². The summed E-state index contributed by atoms with van der Waals surface area (Å²) >= 11 is 0. The minimum absolute atomic E-state index is 0.112. The number of fused-ring (bicyclic) bond motifs is 3. The van der Waals surface area contributed by atoms with Crippen LogP contribution in [0.4, 0.5) is 21.0 Å². The average molecular weight is 815 g/mol. The molecule has 1 aliphatic carbocycles. The zero-order valence-corrected chi connectivity index (χ0v) is 35.1. The van der Waals surface area contributed by atoms with Crippen molar-refractivity contribution >= 4 is 63.6 Å². The van der Waals surface area contributed by atoms with Crippen LogP contribution in [-0.2, 0) is 9.59 Å². The Morgan fingerprint density at radius 2 is 1.58 bits per heavy atom. The van der Waals surface area contributed by atoms with Gasteiger partial charge in [0.05, 0.1) is 28.2 Å². The molecule has 14 nitrogen and oxygen atoms in total. The van der Waals surface area contributed by atoms with Crippen molar-refractivity contribution in [2.45, 2.75) is 46.5 Å². The molecule has 0 bridgehead atoms. The molecule has 0 radical (unpaired) electrons. The maximum absolute atomic E-state index is 12.9. The molecule has 14 heteroatoms. The first-order valence-electron chi connectivity index (χ1n) is 20.2. The van der Waals surface area contributed by atoms with Crippen molar-refractivity contribution in [3.8, 4) is 5.88 Å². The van der Waals surface area contributed by atoms with Crippen molar-refractivity contribution in [3.63, 3.8) is 0 Å². The number of carbonyl (C=O) groups is 5. The Hall–Kier alpha value is -6.64. The number of para-hydroxylation sites is 3. The van der Waals surface area contributed by atoms with E-state index in [0.717, 1.165) is 42.8 Å². The number of aromatic hydroxyl groups is 1. The van der Waals surface area contributed by atoms with E-state index in [4.69, 9.17) is 0 Å². The fourth-order valence-electron chi connectivity index (χ4n) is 7.05.